The van der Waals surface area contributed by atoms with Gasteiger partial charge >= 0.3 is 0 Å². The average Bonchev–Trinajstić information content (AvgIpc) is 2.94. The second-order valence-electron chi connectivity index (χ2n) is 5.84. The molecule has 3 atom stereocenters. The van der Waals surface area contributed by atoms with Crippen LogP contribution in [0.15, 0.2) is 24.5 Å². The number of rotatable bonds is 4. The third-order valence-corrected chi connectivity index (χ3v) is 4.41. The second kappa shape index (κ2) is 6.41. The molecule has 2 N–H and O–H groups in total. The lowest BCUT2D eigenvalue weighted by atomic mass is 9.83. The summed E-state index contributed by atoms with van der Waals surface area (Å²) in [5, 5.41) is 16.7. The summed E-state index contributed by atoms with van der Waals surface area (Å²) in [7, 11) is 1.41. The Kier molecular flexibility index (Phi) is 4.47. The van der Waals surface area contributed by atoms with Gasteiger partial charge in [0.1, 0.15) is 5.75 Å². The molecule has 0 bridgehead atoms. The van der Waals surface area contributed by atoms with Gasteiger partial charge in [0, 0.05) is 12.3 Å². The number of methoxy groups -OCH3 is 1. The van der Waals surface area contributed by atoms with Crippen molar-refractivity contribution < 1.29 is 19.0 Å². The molecule has 1 heterocycles. The minimum absolute atomic E-state index is 0.188. The summed E-state index contributed by atoms with van der Waals surface area (Å²) in [6.45, 7) is 1.88. The van der Waals surface area contributed by atoms with Crippen molar-refractivity contribution >= 4 is 17.5 Å². The van der Waals surface area contributed by atoms with E-state index in [4.69, 9.17) is 16.3 Å². The molecular weight excluding hydrogens is 337 g/mol. The zero-order valence-electron chi connectivity index (χ0n) is 13.2. The third-order valence-electron chi connectivity index (χ3n) is 4.14. The molecule has 3 rings (SSSR count). The Morgan fingerprint density at radius 1 is 1.54 bits per heavy atom. The largest absolute Gasteiger partial charge is 0.497 e. The first kappa shape index (κ1) is 16.7. The van der Waals surface area contributed by atoms with Crippen molar-refractivity contribution in [3.8, 4) is 5.75 Å². The van der Waals surface area contributed by atoms with Crippen molar-refractivity contribution in [1.82, 2.24) is 15.1 Å². The summed E-state index contributed by atoms with van der Waals surface area (Å²) in [6, 6.07) is 1.86. The number of aliphatic hydroxyl groups excluding tert-OH is 1. The van der Waals surface area contributed by atoms with E-state index in [9.17, 15) is 14.3 Å². The minimum Gasteiger partial charge on any atom is -0.497 e. The average molecular weight is 354 g/mol. The number of carbonyl (C=O) groups excluding carboxylic acids is 1. The van der Waals surface area contributed by atoms with Gasteiger partial charge in [-0.2, -0.15) is 5.10 Å². The molecule has 2 aromatic rings. The highest BCUT2D eigenvalue weighted by molar-refractivity contribution is 6.31. The van der Waals surface area contributed by atoms with E-state index in [0.29, 0.717) is 12.2 Å². The van der Waals surface area contributed by atoms with Crippen LogP contribution in [-0.4, -0.2) is 40.0 Å². The van der Waals surface area contributed by atoms with Crippen LogP contribution in [-0.2, 0) is 0 Å². The maximum Gasteiger partial charge on any atom is 0.254 e. The molecule has 0 aliphatic heterocycles. The summed E-state index contributed by atoms with van der Waals surface area (Å²) in [4.78, 5) is 12.4. The molecule has 128 valence electrons. The summed E-state index contributed by atoms with van der Waals surface area (Å²) < 4.78 is 20.8. The number of benzene rings is 1. The van der Waals surface area contributed by atoms with E-state index in [-0.39, 0.29) is 22.7 Å². The van der Waals surface area contributed by atoms with Crippen LogP contribution in [0.5, 0.6) is 5.75 Å². The van der Waals surface area contributed by atoms with Crippen LogP contribution < -0.4 is 10.1 Å². The maximum absolute atomic E-state index is 14.1. The summed E-state index contributed by atoms with van der Waals surface area (Å²) in [5.74, 6) is -1.13. The summed E-state index contributed by atoms with van der Waals surface area (Å²) >= 11 is 5.79. The Hall–Kier alpha value is -2.12. The van der Waals surface area contributed by atoms with Gasteiger partial charge < -0.3 is 15.2 Å². The number of nitrogens with zero attached hydrogens (tertiary/aromatic N) is 2. The number of halogens is 2. The molecule has 1 aromatic heterocycles. The molecule has 0 unspecified atom stereocenters. The number of aryl methyl sites for hydroxylation is 1. The lowest BCUT2D eigenvalue weighted by molar-refractivity contribution is -0.00595. The van der Waals surface area contributed by atoms with Crippen molar-refractivity contribution in [3.63, 3.8) is 0 Å². The number of ether oxygens (including phenoxy) is 1. The van der Waals surface area contributed by atoms with Crippen LogP contribution >= 0.6 is 11.6 Å². The SMILES string of the molecule is COc1cc(Cl)c(F)c(C(=O)N[C@H]2C[C@@H](O)[C@@H]2n2cc(C)cn2)c1. The van der Waals surface area contributed by atoms with Crippen LogP contribution in [0.4, 0.5) is 4.39 Å². The lowest BCUT2D eigenvalue weighted by Gasteiger charge is -2.41. The van der Waals surface area contributed by atoms with Crippen molar-refractivity contribution in [2.24, 2.45) is 0 Å². The van der Waals surface area contributed by atoms with Crippen molar-refractivity contribution in [3.05, 3.63) is 46.5 Å². The van der Waals surface area contributed by atoms with Crippen molar-refractivity contribution in [1.29, 1.82) is 0 Å². The number of amides is 1. The molecule has 1 aliphatic carbocycles. The standard InChI is InChI=1S/C16H17ClFN3O3/c1-8-6-19-21(7-8)15-12(5-13(15)22)20-16(23)10-3-9(24-2)4-11(17)14(10)18/h3-4,6-7,12-13,15,22H,5H2,1-2H3,(H,20,23)/t12-,13+,15+/m0/s1. The fourth-order valence-electron chi connectivity index (χ4n) is 2.81. The van der Waals surface area contributed by atoms with Gasteiger partial charge in [0.2, 0.25) is 0 Å². The Balaban J connectivity index is 1.79. The van der Waals surface area contributed by atoms with E-state index < -0.39 is 17.8 Å². The zero-order chi connectivity index (χ0) is 17.4. The van der Waals surface area contributed by atoms with E-state index in [1.165, 1.54) is 19.2 Å². The molecule has 0 radical (unpaired) electrons. The molecule has 1 saturated carbocycles. The van der Waals surface area contributed by atoms with Crippen LogP contribution in [0.1, 0.15) is 28.4 Å². The Labute approximate surface area is 143 Å². The van der Waals surface area contributed by atoms with E-state index in [2.05, 4.69) is 10.4 Å². The first-order valence-corrected chi connectivity index (χ1v) is 7.81. The Morgan fingerprint density at radius 2 is 2.29 bits per heavy atom. The molecule has 0 spiro atoms. The van der Waals surface area contributed by atoms with E-state index in [1.54, 1.807) is 17.1 Å². The van der Waals surface area contributed by atoms with E-state index in [0.717, 1.165) is 5.56 Å². The van der Waals surface area contributed by atoms with Gasteiger partial charge in [-0.15, -0.1) is 0 Å². The number of nitrogens with one attached hydrogen (secondary N) is 1. The first-order valence-electron chi connectivity index (χ1n) is 7.43. The number of aromatic nitrogens is 2. The molecule has 8 heteroatoms. The molecule has 0 saturated heterocycles. The molecule has 1 fully saturated rings. The lowest BCUT2D eigenvalue weighted by Crippen LogP contribution is -2.56. The molecular formula is C16H17ClFN3O3. The number of carbonyl (C=O) groups is 1. The Bertz CT molecular complexity index is 780. The second-order valence-corrected chi connectivity index (χ2v) is 6.25. The van der Waals surface area contributed by atoms with Crippen LogP contribution in [0.25, 0.3) is 0 Å². The van der Waals surface area contributed by atoms with Gasteiger partial charge in [0.05, 0.1) is 42.1 Å². The molecule has 1 aromatic carbocycles. The summed E-state index contributed by atoms with van der Waals surface area (Å²) in [5.41, 5.74) is 0.751. The van der Waals surface area contributed by atoms with Gasteiger partial charge in [0.15, 0.2) is 5.82 Å². The molecule has 1 aliphatic rings. The molecule has 6 nitrogen and oxygen atoms in total. The Morgan fingerprint density at radius 3 is 2.88 bits per heavy atom. The molecule has 24 heavy (non-hydrogen) atoms. The topological polar surface area (TPSA) is 76.4 Å². The predicted octanol–water partition coefficient (Wildman–Crippen LogP) is 2.10. The molecule has 1 amide bonds. The number of hydrogen-bond donors (Lipinski definition) is 2. The van der Waals surface area contributed by atoms with Crippen LogP contribution in [0.3, 0.4) is 0 Å². The van der Waals surface area contributed by atoms with Gasteiger partial charge in [-0.1, -0.05) is 11.6 Å². The minimum atomic E-state index is -0.804. The third kappa shape index (κ3) is 2.97. The maximum atomic E-state index is 14.1. The van der Waals surface area contributed by atoms with E-state index >= 15 is 0 Å². The zero-order valence-corrected chi connectivity index (χ0v) is 13.9. The van der Waals surface area contributed by atoms with Crippen LogP contribution in [0.2, 0.25) is 5.02 Å². The smallest absolute Gasteiger partial charge is 0.254 e. The first-order chi connectivity index (χ1) is 11.4. The normalized spacial score (nSPS) is 22.8. The summed E-state index contributed by atoms with van der Waals surface area (Å²) in [6.07, 6.45) is 3.21. The monoisotopic (exact) mass is 353 g/mol. The highest BCUT2D eigenvalue weighted by Crippen LogP contribution is 2.33. The van der Waals surface area contributed by atoms with Crippen molar-refractivity contribution in [2.75, 3.05) is 7.11 Å². The quantitative estimate of drug-likeness (QED) is 0.882. The van der Waals surface area contributed by atoms with Gasteiger partial charge in [-0.25, -0.2) is 4.39 Å². The predicted molar refractivity (Wildman–Crippen MR) is 85.8 cm³/mol. The van der Waals surface area contributed by atoms with E-state index in [1.807, 2.05) is 6.92 Å². The highest BCUT2D eigenvalue weighted by atomic mass is 35.5. The van der Waals surface area contributed by atoms with Gasteiger partial charge in [-0.3, -0.25) is 9.48 Å². The fourth-order valence-corrected chi connectivity index (χ4v) is 3.02. The fraction of sp³-hybridized carbons (Fsp3) is 0.375. The van der Waals surface area contributed by atoms with Crippen molar-refractivity contribution in [2.45, 2.75) is 31.5 Å². The van der Waals surface area contributed by atoms with Gasteiger partial charge in [0.25, 0.3) is 5.91 Å². The number of hydrogen-bond acceptors (Lipinski definition) is 4. The van der Waals surface area contributed by atoms with Gasteiger partial charge in [-0.05, 0) is 25.0 Å². The van der Waals surface area contributed by atoms with Crippen LogP contribution in [0, 0.1) is 12.7 Å². The highest BCUT2D eigenvalue weighted by Gasteiger charge is 2.43. The number of aliphatic hydroxyl groups is 1.